The number of benzene rings is 1. The SMILES string of the molecule is Cc1c(C#N)cc(C(F)F)cc1Oc1c(C(F)(F)C(F)(F)F)ncn(Cc2c[nH]c(CO)c[n+]2=O)c1=O. The minimum atomic E-state index is -6.22. The van der Waals surface area contributed by atoms with Crippen molar-refractivity contribution in [3.05, 3.63) is 79.9 Å². The summed E-state index contributed by atoms with van der Waals surface area (Å²) in [5.74, 6) is -8.12. The zero-order valence-corrected chi connectivity index (χ0v) is 18.5. The molecule has 16 heteroatoms. The number of aliphatic hydroxyl groups excluding tert-OH is 1. The van der Waals surface area contributed by atoms with E-state index >= 15 is 0 Å². The van der Waals surface area contributed by atoms with Gasteiger partial charge in [0.1, 0.15) is 18.0 Å². The number of aromatic amines is 1. The van der Waals surface area contributed by atoms with Crippen LogP contribution in [-0.4, -0.2) is 25.8 Å². The van der Waals surface area contributed by atoms with Crippen LogP contribution in [-0.2, 0) is 19.1 Å². The van der Waals surface area contributed by atoms with Gasteiger partial charge in [-0.1, -0.05) is 0 Å². The van der Waals surface area contributed by atoms with Crippen LogP contribution in [0.4, 0.5) is 30.7 Å². The molecule has 3 aromatic rings. The molecule has 3 rings (SSSR count). The van der Waals surface area contributed by atoms with Gasteiger partial charge in [0.25, 0.3) is 17.7 Å². The lowest BCUT2D eigenvalue weighted by Gasteiger charge is -2.22. The van der Waals surface area contributed by atoms with Gasteiger partial charge in [-0.2, -0.15) is 27.2 Å². The van der Waals surface area contributed by atoms with Crippen molar-refractivity contribution in [1.29, 1.82) is 5.26 Å². The number of nitrogens with one attached hydrogen (secondary N) is 1. The van der Waals surface area contributed by atoms with Crippen molar-refractivity contribution in [3.63, 3.8) is 0 Å². The van der Waals surface area contributed by atoms with Crippen molar-refractivity contribution in [3.8, 4) is 17.6 Å². The highest BCUT2D eigenvalue weighted by Crippen LogP contribution is 2.46. The summed E-state index contributed by atoms with van der Waals surface area (Å²) < 4.78 is 100. The lowest BCUT2D eigenvalue weighted by Crippen LogP contribution is -2.38. The predicted octanol–water partition coefficient (Wildman–Crippen LogP) is 3.59. The van der Waals surface area contributed by atoms with E-state index in [0.29, 0.717) is 17.0 Å². The average Bonchev–Trinajstić information content (AvgIpc) is 2.82. The Labute approximate surface area is 201 Å². The van der Waals surface area contributed by atoms with Gasteiger partial charge in [-0.3, -0.25) is 9.36 Å². The topological polar surface area (TPSA) is 127 Å². The summed E-state index contributed by atoms with van der Waals surface area (Å²) >= 11 is 0. The van der Waals surface area contributed by atoms with E-state index in [0.717, 1.165) is 25.4 Å². The van der Waals surface area contributed by atoms with Gasteiger partial charge < -0.3 is 14.8 Å². The Hall–Kier alpha value is -4.26. The van der Waals surface area contributed by atoms with Gasteiger partial charge >= 0.3 is 12.1 Å². The second-order valence-electron chi connectivity index (χ2n) is 7.55. The molecule has 0 bridgehead atoms. The minimum Gasteiger partial charge on any atom is -0.449 e. The number of alkyl halides is 7. The van der Waals surface area contributed by atoms with E-state index in [2.05, 4.69) is 9.97 Å². The summed E-state index contributed by atoms with van der Waals surface area (Å²) in [5.41, 5.74) is -5.40. The molecular formula is C21H15F7N5O4+. The molecule has 37 heavy (non-hydrogen) atoms. The monoisotopic (exact) mass is 534 g/mol. The molecule has 0 saturated carbocycles. The third-order valence-corrected chi connectivity index (χ3v) is 5.10. The Morgan fingerprint density at radius 2 is 1.95 bits per heavy atom. The van der Waals surface area contributed by atoms with Crippen molar-refractivity contribution in [2.75, 3.05) is 0 Å². The van der Waals surface area contributed by atoms with E-state index in [9.17, 15) is 45.7 Å². The molecule has 0 fully saturated rings. The van der Waals surface area contributed by atoms with Crippen LogP contribution in [0.15, 0.2) is 35.6 Å². The standard InChI is InChI=1S/C21H15F7N5O4/c1-10-12(4-29)2-11(18(22)23)3-15(10)37-16-17(20(24,25)21(26,27)28)31-9-32(19(16)35)7-14-5-30-13(8-34)6-33(14)36/h2-3,5-6,9,18,34H,7-8H2,1H3,(H,30,36)/q+1. The summed E-state index contributed by atoms with van der Waals surface area (Å²) in [6.07, 6.45) is -7.14. The molecule has 0 unspecified atom stereocenters. The first-order chi connectivity index (χ1) is 17.2. The van der Waals surface area contributed by atoms with Crippen molar-refractivity contribution in [2.45, 2.75) is 38.6 Å². The second-order valence-corrected chi connectivity index (χ2v) is 7.55. The highest BCUT2D eigenvalue weighted by molar-refractivity contribution is 5.51. The van der Waals surface area contributed by atoms with Crippen molar-refractivity contribution < 1.29 is 45.0 Å². The highest BCUT2D eigenvalue weighted by atomic mass is 19.4. The first-order valence-electron chi connectivity index (χ1n) is 9.99. The maximum Gasteiger partial charge on any atom is 0.459 e. The van der Waals surface area contributed by atoms with E-state index in [1.807, 2.05) is 0 Å². The van der Waals surface area contributed by atoms with Gasteiger partial charge in [0.2, 0.25) is 11.9 Å². The van der Waals surface area contributed by atoms with Crippen molar-refractivity contribution in [2.24, 2.45) is 0 Å². The largest absolute Gasteiger partial charge is 0.459 e. The Kier molecular flexibility index (Phi) is 7.39. The highest BCUT2D eigenvalue weighted by Gasteiger charge is 2.62. The number of aliphatic hydroxyl groups is 1. The van der Waals surface area contributed by atoms with Gasteiger partial charge in [0.15, 0.2) is 5.69 Å². The molecule has 0 aliphatic heterocycles. The second kappa shape index (κ2) is 10.0. The number of nitriles is 1. The van der Waals surface area contributed by atoms with Crippen molar-refractivity contribution >= 4 is 0 Å². The molecule has 0 amide bonds. The van der Waals surface area contributed by atoms with Gasteiger partial charge in [-0.25, -0.2) is 13.8 Å². The zero-order valence-electron chi connectivity index (χ0n) is 18.5. The third-order valence-electron chi connectivity index (χ3n) is 5.10. The zero-order chi connectivity index (χ0) is 27.7. The molecule has 2 aromatic heterocycles. The van der Waals surface area contributed by atoms with Gasteiger partial charge in [0.05, 0.1) is 35.2 Å². The Morgan fingerprint density at radius 3 is 2.49 bits per heavy atom. The molecule has 2 heterocycles. The number of hydrogen-bond donors (Lipinski definition) is 2. The fraction of sp³-hybridized carbons (Fsp3) is 0.286. The molecule has 9 nitrogen and oxygen atoms in total. The lowest BCUT2D eigenvalue weighted by molar-refractivity contribution is -0.506. The average molecular weight is 534 g/mol. The minimum absolute atomic E-state index is 0.0658. The van der Waals surface area contributed by atoms with Crippen LogP contribution in [0.5, 0.6) is 11.5 Å². The number of aromatic nitrogens is 4. The van der Waals surface area contributed by atoms with E-state index in [4.69, 9.17) is 9.84 Å². The maximum absolute atomic E-state index is 14.3. The number of hydrogen-bond acceptors (Lipinski definition) is 6. The van der Waals surface area contributed by atoms with Crippen LogP contribution in [0.1, 0.15) is 40.2 Å². The van der Waals surface area contributed by atoms with Gasteiger partial charge in [-0.05, 0) is 19.1 Å². The van der Waals surface area contributed by atoms with E-state index < -0.39 is 65.6 Å². The van der Waals surface area contributed by atoms with Crippen LogP contribution in [0.3, 0.4) is 0 Å². The quantitative estimate of drug-likeness (QED) is 0.353. The Balaban J connectivity index is 2.24. The third kappa shape index (κ3) is 5.31. The van der Waals surface area contributed by atoms with Crippen LogP contribution in [0.2, 0.25) is 0 Å². The molecule has 196 valence electrons. The fourth-order valence-electron chi connectivity index (χ4n) is 3.08. The molecule has 2 N–H and O–H groups in total. The van der Waals surface area contributed by atoms with Crippen LogP contribution < -0.4 is 14.7 Å². The van der Waals surface area contributed by atoms with E-state index in [1.165, 1.54) is 0 Å². The summed E-state index contributed by atoms with van der Waals surface area (Å²) in [4.78, 5) is 30.7. The normalized spacial score (nSPS) is 12.0. The maximum atomic E-state index is 14.3. The molecule has 0 atom stereocenters. The number of ether oxygens (including phenoxy) is 1. The smallest absolute Gasteiger partial charge is 0.449 e. The van der Waals surface area contributed by atoms with E-state index in [-0.39, 0.29) is 21.4 Å². The Morgan fingerprint density at radius 1 is 1.27 bits per heavy atom. The fourth-order valence-corrected chi connectivity index (χ4v) is 3.08. The lowest BCUT2D eigenvalue weighted by atomic mass is 10.0. The summed E-state index contributed by atoms with van der Waals surface area (Å²) in [7, 11) is 0. The number of rotatable bonds is 7. The molecule has 0 saturated heterocycles. The van der Waals surface area contributed by atoms with Crippen LogP contribution >= 0.6 is 0 Å². The Bertz CT molecular complexity index is 1490. The molecule has 0 aliphatic carbocycles. The molecule has 0 spiro atoms. The summed E-state index contributed by atoms with van der Waals surface area (Å²) in [6, 6.07) is 2.91. The number of H-pyrrole nitrogens is 1. The van der Waals surface area contributed by atoms with Gasteiger partial charge in [0, 0.05) is 16.0 Å². The van der Waals surface area contributed by atoms with Crippen molar-refractivity contribution in [1.82, 2.24) is 14.5 Å². The predicted molar refractivity (Wildman–Crippen MR) is 109 cm³/mol. The van der Waals surface area contributed by atoms with E-state index in [1.54, 1.807) is 6.07 Å². The number of nitrogens with zero attached hydrogens (tertiary/aromatic N) is 4. The van der Waals surface area contributed by atoms with Crippen LogP contribution in [0.25, 0.3) is 0 Å². The molecular weight excluding hydrogens is 519 g/mol. The molecule has 0 aliphatic rings. The summed E-state index contributed by atoms with van der Waals surface area (Å²) in [5, 5.41) is 18.2. The van der Waals surface area contributed by atoms with Gasteiger partial charge in [-0.15, -0.1) is 0 Å². The first kappa shape index (κ1) is 27.3. The molecule has 1 aromatic carbocycles. The summed E-state index contributed by atoms with van der Waals surface area (Å²) in [6.45, 7) is -0.116. The van der Waals surface area contributed by atoms with Crippen LogP contribution in [0, 0.1) is 23.2 Å². The molecule has 0 radical (unpaired) electrons. The number of halogens is 7. The first-order valence-corrected chi connectivity index (χ1v) is 9.99.